The number of allylic oxidation sites excluding steroid dienone is 1. The highest BCUT2D eigenvalue weighted by molar-refractivity contribution is 7.89. The molecule has 1 saturated heterocycles. The lowest BCUT2D eigenvalue weighted by Gasteiger charge is -2.25. The SMILES string of the molecule is C=C1C=CC2CC1(C)CN2S(=O)(=O)c1ccccc1. The fraction of sp³-hybridized carbons (Fsp3) is 0.333. The van der Waals surface area contributed by atoms with Crippen LogP contribution in [0.3, 0.4) is 0 Å². The first-order chi connectivity index (χ1) is 8.93. The topological polar surface area (TPSA) is 37.4 Å². The van der Waals surface area contributed by atoms with E-state index in [9.17, 15) is 8.42 Å². The largest absolute Gasteiger partial charge is 0.243 e. The summed E-state index contributed by atoms with van der Waals surface area (Å²) in [7, 11) is -3.41. The normalized spacial score (nSPS) is 30.8. The van der Waals surface area contributed by atoms with E-state index in [1.165, 1.54) is 0 Å². The molecule has 4 heteroatoms. The van der Waals surface area contributed by atoms with E-state index in [2.05, 4.69) is 13.5 Å². The van der Waals surface area contributed by atoms with E-state index in [-0.39, 0.29) is 11.5 Å². The van der Waals surface area contributed by atoms with Crippen molar-refractivity contribution in [2.45, 2.75) is 24.3 Å². The molecule has 1 aromatic rings. The molecule has 0 spiro atoms. The van der Waals surface area contributed by atoms with Crippen LogP contribution in [0.25, 0.3) is 0 Å². The van der Waals surface area contributed by atoms with Gasteiger partial charge < -0.3 is 0 Å². The van der Waals surface area contributed by atoms with Gasteiger partial charge in [-0.25, -0.2) is 8.42 Å². The highest BCUT2D eigenvalue weighted by Crippen LogP contribution is 2.46. The Hall–Kier alpha value is -1.39. The molecule has 1 aliphatic heterocycles. The maximum atomic E-state index is 12.7. The molecule has 1 aromatic carbocycles. The lowest BCUT2D eigenvalue weighted by molar-refractivity contribution is 0.403. The molecular formula is C15H17NO2S. The fourth-order valence-corrected chi connectivity index (χ4v) is 4.63. The Labute approximate surface area is 114 Å². The molecule has 0 N–H and O–H groups in total. The highest BCUT2D eigenvalue weighted by atomic mass is 32.2. The predicted molar refractivity (Wildman–Crippen MR) is 75.1 cm³/mol. The number of nitrogens with zero attached hydrogens (tertiary/aromatic N) is 1. The molecule has 0 saturated carbocycles. The molecule has 1 heterocycles. The monoisotopic (exact) mass is 275 g/mol. The average molecular weight is 275 g/mol. The summed E-state index contributed by atoms with van der Waals surface area (Å²) in [4.78, 5) is 0.366. The average Bonchev–Trinajstić information content (AvgIpc) is 2.70. The Morgan fingerprint density at radius 2 is 2.00 bits per heavy atom. The molecule has 19 heavy (non-hydrogen) atoms. The Kier molecular flexibility index (Phi) is 2.69. The summed E-state index contributed by atoms with van der Waals surface area (Å²) in [5.41, 5.74) is 0.899. The van der Waals surface area contributed by atoms with E-state index in [0.717, 1.165) is 12.0 Å². The van der Waals surface area contributed by atoms with Crippen molar-refractivity contribution in [1.29, 1.82) is 0 Å². The smallest absolute Gasteiger partial charge is 0.207 e. The lowest BCUT2D eigenvalue weighted by Crippen LogP contribution is -2.34. The van der Waals surface area contributed by atoms with E-state index in [1.54, 1.807) is 28.6 Å². The van der Waals surface area contributed by atoms with Crippen LogP contribution in [0.15, 0.2) is 59.5 Å². The van der Waals surface area contributed by atoms with Crippen LogP contribution in [0, 0.1) is 5.41 Å². The number of benzene rings is 1. The van der Waals surface area contributed by atoms with E-state index in [4.69, 9.17) is 0 Å². The summed E-state index contributed by atoms with van der Waals surface area (Å²) in [5, 5.41) is 0. The van der Waals surface area contributed by atoms with Crippen LogP contribution in [0.5, 0.6) is 0 Å². The van der Waals surface area contributed by atoms with Gasteiger partial charge in [0.15, 0.2) is 0 Å². The van der Waals surface area contributed by atoms with Crippen molar-refractivity contribution in [1.82, 2.24) is 4.31 Å². The lowest BCUT2D eigenvalue weighted by atomic mass is 9.78. The van der Waals surface area contributed by atoms with Gasteiger partial charge in [-0.2, -0.15) is 4.31 Å². The molecule has 0 amide bonds. The first kappa shape index (κ1) is 12.6. The molecule has 1 aliphatic carbocycles. The van der Waals surface area contributed by atoms with Gasteiger partial charge in [-0.15, -0.1) is 0 Å². The van der Waals surface area contributed by atoms with Crippen molar-refractivity contribution in [3.63, 3.8) is 0 Å². The number of fused-ring (bicyclic) bond motifs is 2. The molecule has 100 valence electrons. The van der Waals surface area contributed by atoms with E-state index in [1.807, 2.05) is 18.2 Å². The molecule has 2 bridgehead atoms. The van der Waals surface area contributed by atoms with Crippen molar-refractivity contribution in [3.8, 4) is 0 Å². The van der Waals surface area contributed by atoms with Crippen LogP contribution in [-0.2, 0) is 10.0 Å². The Morgan fingerprint density at radius 3 is 2.63 bits per heavy atom. The standard InChI is InChI=1S/C15H17NO2S/c1-12-8-9-13-10-15(12,2)11-16(13)19(17,18)14-6-4-3-5-7-14/h3-9,13H,1,10-11H2,2H3. The zero-order valence-electron chi connectivity index (χ0n) is 10.9. The van der Waals surface area contributed by atoms with Gasteiger partial charge in [-0.3, -0.25) is 0 Å². The van der Waals surface area contributed by atoms with Gasteiger partial charge >= 0.3 is 0 Å². The highest BCUT2D eigenvalue weighted by Gasteiger charge is 2.48. The van der Waals surface area contributed by atoms with E-state index >= 15 is 0 Å². The van der Waals surface area contributed by atoms with Crippen LogP contribution >= 0.6 is 0 Å². The zero-order valence-corrected chi connectivity index (χ0v) is 11.7. The van der Waals surface area contributed by atoms with Crippen LogP contribution in [0.1, 0.15) is 13.3 Å². The van der Waals surface area contributed by atoms with Gasteiger partial charge in [-0.1, -0.05) is 43.9 Å². The molecule has 3 rings (SSSR count). The minimum absolute atomic E-state index is 0.0410. The summed E-state index contributed by atoms with van der Waals surface area (Å²) >= 11 is 0. The van der Waals surface area contributed by atoms with Crippen molar-refractivity contribution < 1.29 is 8.42 Å². The van der Waals surface area contributed by atoms with Gasteiger partial charge in [0.1, 0.15) is 0 Å². The molecular weight excluding hydrogens is 258 g/mol. The van der Waals surface area contributed by atoms with E-state index in [0.29, 0.717) is 11.4 Å². The first-order valence-electron chi connectivity index (χ1n) is 6.38. The summed E-state index contributed by atoms with van der Waals surface area (Å²) in [6.07, 6.45) is 4.75. The van der Waals surface area contributed by atoms with Gasteiger partial charge in [-0.05, 0) is 24.1 Å². The van der Waals surface area contributed by atoms with Crippen LogP contribution in [0.4, 0.5) is 0 Å². The fourth-order valence-electron chi connectivity index (χ4n) is 2.91. The van der Waals surface area contributed by atoms with Crippen molar-refractivity contribution >= 4 is 10.0 Å². The summed E-state index contributed by atoms with van der Waals surface area (Å²) in [6.45, 7) is 6.65. The predicted octanol–water partition coefficient (Wildman–Crippen LogP) is 2.58. The Morgan fingerprint density at radius 1 is 1.32 bits per heavy atom. The summed E-state index contributed by atoms with van der Waals surface area (Å²) in [6, 6.07) is 8.60. The quantitative estimate of drug-likeness (QED) is 0.832. The Bertz CT molecular complexity index is 648. The maximum Gasteiger partial charge on any atom is 0.243 e. The van der Waals surface area contributed by atoms with Crippen LogP contribution in [-0.4, -0.2) is 25.3 Å². The third-order valence-corrected chi connectivity index (χ3v) is 6.06. The minimum Gasteiger partial charge on any atom is -0.207 e. The van der Waals surface area contributed by atoms with Crippen molar-refractivity contribution in [3.05, 3.63) is 54.6 Å². The summed E-state index contributed by atoms with van der Waals surface area (Å²) in [5.74, 6) is 0. The number of hydrogen-bond acceptors (Lipinski definition) is 2. The van der Waals surface area contributed by atoms with Gasteiger partial charge in [0, 0.05) is 18.0 Å². The zero-order chi connectivity index (χ0) is 13.7. The molecule has 1 fully saturated rings. The van der Waals surface area contributed by atoms with E-state index < -0.39 is 10.0 Å². The molecule has 2 aliphatic rings. The molecule has 2 atom stereocenters. The number of sulfonamides is 1. The molecule has 0 aromatic heterocycles. The molecule has 0 radical (unpaired) electrons. The third kappa shape index (κ3) is 1.86. The van der Waals surface area contributed by atoms with Crippen LogP contribution in [0.2, 0.25) is 0 Å². The maximum absolute atomic E-state index is 12.7. The van der Waals surface area contributed by atoms with Gasteiger partial charge in [0.25, 0.3) is 0 Å². The second-order valence-electron chi connectivity index (χ2n) is 5.58. The third-order valence-electron chi connectivity index (χ3n) is 4.18. The number of hydrogen-bond donors (Lipinski definition) is 0. The second-order valence-corrected chi connectivity index (χ2v) is 7.47. The molecule has 3 nitrogen and oxygen atoms in total. The van der Waals surface area contributed by atoms with Crippen molar-refractivity contribution in [2.75, 3.05) is 6.54 Å². The second kappa shape index (κ2) is 4.05. The number of rotatable bonds is 2. The van der Waals surface area contributed by atoms with Crippen LogP contribution < -0.4 is 0 Å². The Balaban J connectivity index is 2.02. The minimum atomic E-state index is -3.41. The first-order valence-corrected chi connectivity index (χ1v) is 7.82. The van der Waals surface area contributed by atoms with Crippen molar-refractivity contribution in [2.24, 2.45) is 5.41 Å². The molecule has 2 unspecified atom stereocenters. The summed E-state index contributed by atoms with van der Waals surface area (Å²) < 4.78 is 27.0. The van der Waals surface area contributed by atoms with Gasteiger partial charge in [0.05, 0.1) is 4.90 Å². The van der Waals surface area contributed by atoms with Gasteiger partial charge in [0.2, 0.25) is 10.0 Å².